The third-order valence-corrected chi connectivity index (χ3v) is 3.76. The standard InChI is InChI=1S/C18H20ClF3N4O/c1-12-3-5-14(15(7-12)27-11-18(20,21)22)10-26-17(23-2)25-9-13-4-6-16(19)24-8-13/h3-8H,9-11H2,1-2H3,(H2,23,25,26). The van der Waals surface area contributed by atoms with Crippen LogP contribution in [0.5, 0.6) is 5.75 Å². The van der Waals surface area contributed by atoms with Crippen LogP contribution in [-0.2, 0) is 13.1 Å². The lowest BCUT2D eigenvalue weighted by molar-refractivity contribution is -0.153. The second kappa shape index (κ2) is 9.45. The molecule has 2 rings (SSSR count). The van der Waals surface area contributed by atoms with Crippen LogP contribution in [-0.4, -0.2) is 30.8 Å². The van der Waals surface area contributed by atoms with Crippen molar-refractivity contribution in [1.29, 1.82) is 0 Å². The predicted molar refractivity (Wildman–Crippen MR) is 99.0 cm³/mol. The van der Waals surface area contributed by atoms with E-state index in [1.807, 2.05) is 12.1 Å². The summed E-state index contributed by atoms with van der Waals surface area (Å²) >= 11 is 5.75. The van der Waals surface area contributed by atoms with E-state index in [9.17, 15) is 13.2 Å². The van der Waals surface area contributed by atoms with E-state index in [-0.39, 0.29) is 12.3 Å². The first kappa shape index (κ1) is 20.8. The van der Waals surface area contributed by atoms with Gasteiger partial charge in [-0.3, -0.25) is 4.99 Å². The number of hydrogen-bond acceptors (Lipinski definition) is 3. The van der Waals surface area contributed by atoms with Gasteiger partial charge in [0.05, 0.1) is 0 Å². The maximum absolute atomic E-state index is 12.4. The number of aliphatic imine (C=N–C) groups is 1. The lowest BCUT2D eigenvalue weighted by Gasteiger charge is -2.16. The summed E-state index contributed by atoms with van der Waals surface area (Å²) in [6.07, 6.45) is -2.75. The Bertz CT molecular complexity index is 779. The zero-order valence-electron chi connectivity index (χ0n) is 14.9. The molecule has 2 N–H and O–H groups in total. The highest BCUT2D eigenvalue weighted by atomic mass is 35.5. The fourth-order valence-corrected chi connectivity index (χ4v) is 2.31. The average Bonchev–Trinajstić information content (AvgIpc) is 2.62. The molecule has 0 radical (unpaired) electrons. The summed E-state index contributed by atoms with van der Waals surface area (Å²) in [7, 11) is 1.60. The van der Waals surface area contributed by atoms with Crippen LogP contribution in [0.15, 0.2) is 41.5 Å². The number of alkyl halides is 3. The highest BCUT2D eigenvalue weighted by molar-refractivity contribution is 6.29. The minimum absolute atomic E-state index is 0.192. The molecular weight excluding hydrogens is 381 g/mol. The van der Waals surface area contributed by atoms with Crippen LogP contribution in [0.25, 0.3) is 0 Å². The van der Waals surface area contributed by atoms with Gasteiger partial charge in [-0.1, -0.05) is 29.8 Å². The van der Waals surface area contributed by atoms with Crippen LogP contribution in [0, 0.1) is 6.92 Å². The Labute approximate surface area is 160 Å². The smallest absolute Gasteiger partial charge is 0.422 e. The number of pyridine rings is 1. The van der Waals surface area contributed by atoms with Crippen molar-refractivity contribution in [2.24, 2.45) is 4.99 Å². The molecule has 146 valence electrons. The lowest BCUT2D eigenvalue weighted by Crippen LogP contribution is -2.36. The summed E-state index contributed by atoms with van der Waals surface area (Å²) in [6.45, 7) is 1.18. The van der Waals surface area contributed by atoms with Crippen LogP contribution in [0.2, 0.25) is 5.15 Å². The first-order chi connectivity index (χ1) is 12.8. The second-order valence-electron chi connectivity index (χ2n) is 5.78. The van der Waals surface area contributed by atoms with Gasteiger partial charge in [0, 0.05) is 31.9 Å². The van der Waals surface area contributed by atoms with Gasteiger partial charge >= 0.3 is 6.18 Å². The number of nitrogens with one attached hydrogen (secondary N) is 2. The number of benzene rings is 1. The number of nitrogens with zero attached hydrogens (tertiary/aromatic N) is 2. The second-order valence-corrected chi connectivity index (χ2v) is 6.17. The van der Waals surface area contributed by atoms with Gasteiger partial charge in [0.1, 0.15) is 10.9 Å². The number of hydrogen-bond donors (Lipinski definition) is 2. The number of ether oxygens (including phenoxy) is 1. The van der Waals surface area contributed by atoms with E-state index in [2.05, 4.69) is 20.6 Å². The molecule has 1 aromatic carbocycles. The molecule has 0 unspecified atom stereocenters. The van der Waals surface area contributed by atoms with Gasteiger partial charge in [0.2, 0.25) is 0 Å². The Hall–Kier alpha value is -2.48. The first-order valence-electron chi connectivity index (χ1n) is 8.11. The number of rotatable bonds is 6. The fourth-order valence-electron chi connectivity index (χ4n) is 2.20. The molecule has 1 heterocycles. The largest absolute Gasteiger partial charge is 0.484 e. The molecule has 9 heteroatoms. The quantitative estimate of drug-likeness (QED) is 0.439. The normalized spacial score (nSPS) is 12.0. The van der Waals surface area contributed by atoms with Crippen molar-refractivity contribution < 1.29 is 17.9 Å². The van der Waals surface area contributed by atoms with Gasteiger partial charge in [0.15, 0.2) is 12.6 Å². The lowest BCUT2D eigenvalue weighted by atomic mass is 10.1. The molecule has 0 atom stereocenters. The SMILES string of the molecule is CN=C(NCc1ccc(Cl)nc1)NCc1ccc(C)cc1OCC(F)(F)F. The van der Waals surface area contributed by atoms with Crippen molar-refractivity contribution in [2.75, 3.05) is 13.7 Å². The van der Waals surface area contributed by atoms with E-state index in [0.29, 0.717) is 23.2 Å². The molecule has 0 aliphatic carbocycles. The van der Waals surface area contributed by atoms with Crippen LogP contribution < -0.4 is 15.4 Å². The molecule has 0 spiro atoms. The predicted octanol–water partition coefficient (Wildman–Crippen LogP) is 3.85. The summed E-state index contributed by atoms with van der Waals surface area (Å²) in [5, 5.41) is 6.56. The highest BCUT2D eigenvalue weighted by Crippen LogP contribution is 2.23. The molecule has 0 amide bonds. The van der Waals surface area contributed by atoms with E-state index < -0.39 is 12.8 Å². The van der Waals surface area contributed by atoms with Crippen LogP contribution >= 0.6 is 11.6 Å². The molecule has 0 saturated heterocycles. The molecule has 5 nitrogen and oxygen atoms in total. The molecular formula is C18H20ClF3N4O. The van der Waals surface area contributed by atoms with Crippen LogP contribution in [0.3, 0.4) is 0 Å². The minimum Gasteiger partial charge on any atom is -0.484 e. The van der Waals surface area contributed by atoms with Crippen molar-refractivity contribution >= 4 is 17.6 Å². The molecule has 0 fully saturated rings. The van der Waals surface area contributed by atoms with Crippen molar-refractivity contribution in [1.82, 2.24) is 15.6 Å². The van der Waals surface area contributed by atoms with Crippen molar-refractivity contribution in [2.45, 2.75) is 26.2 Å². The Morgan fingerprint density at radius 3 is 2.56 bits per heavy atom. The zero-order valence-corrected chi connectivity index (χ0v) is 15.7. The molecule has 0 aliphatic heterocycles. The average molecular weight is 401 g/mol. The molecule has 2 aromatic rings. The molecule has 1 aromatic heterocycles. The summed E-state index contributed by atoms with van der Waals surface area (Å²) in [4.78, 5) is 8.09. The van der Waals surface area contributed by atoms with Crippen molar-refractivity contribution in [3.63, 3.8) is 0 Å². The van der Waals surface area contributed by atoms with Crippen molar-refractivity contribution in [3.05, 3.63) is 58.4 Å². The minimum atomic E-state index is -4.39. The van der Waals surface area contributed by atoms with Crippen LogP contribution in [0.1, 0.15) is 16.7 Å². The molecule has 0 aliphatic rings. The summed E-state index contributed by atoms with van der Waals surface area (Å²) < 4.78 is 42.3. The number of aryl methyl sites for hydroxylation is 1. The maximum Gasteiger partial charge on any atom is 0.422 e. The van der Waals surface area contributed by atoms with Gasteiger partial charge < -0.3 is 15.4 Å². The fraction of sp³-hybridized carbons (Fsp3) is 0.333. The van der Waals surface area contributed by atoms with Gasteiger partial charge in [-0.05, 0) is 30.2 Å². The third kappa shape index (κ3) is 7.34. The van der Waals surface area contributed by atoms with Gasteiger partial charge in [-0.2, -0.15) is 13.2 Å². The summed E-state index contributed by atoms with van der Waals surface area (Å²) in [6, 6.07) is 8.64. The topological polar surface area (TPSA) is 58.5 Å². The van der Waals surface area contributed by atoms with E-state index in [1.165, 1.54) is 0 Å². The van der Waals surface area contributed by atoms with E-state index >= 15 is 0 Å². The highest BCUT2D eigenvalue weighted by Gasteiger charge is 2.28. The Morgan fingerprint density at radius 1 is 1.19 bits per heavy atom. The van der Waals surface area contributed by atoms with E-state index in [1.54, 1.807) is 38.4 Å². The Kier molecular flexibility index (Phi) is 7.29. The Morgan fingerprint density at radius 2 is 1.93 bits per heavy atom. The number of aromatic nitrogens is 1. The third-order valence-electron chi connectivity index (χ3n) is 3.53. The monoisotopic (exact) mass is 400 g/mol. The molecule has 0 saturated carbocycles. The van der Waals surface area contributed by atoms with Crippen LogP contribution in [0.4, 0.5) is 13.2 Å². The van der Waals surface area contributed by atoms with Crippen molar-refractivity contribution in [3.8, 4) is 5.75 Å². The number of halogens is 4. The summed E-state index contributed by atoms with van der Waals surface area (Å²) in [5.41, 5.74) is 2.32. The maximum atomic E-state index is 12.4. The van der Waals surface area contributed by atoms with Gasteiger partial charge in [-0.25, -0.2) is 4.98 Å². The Balaban J connectivity index is 1.96. The first-order valence-corrected chi connectivity index (χ1v) is 8.48. The molecule has 0 bridgehead atoms. The van der Waals surface area contributed by atoms with E-state index in [0.717, 1.165) is 11.1 Å². The zero-order chi connectivity index (χ0) is 19.9. The van der Waals surface area contributed by atoms with Gasteiger partial charge in [-0.15, -0.1) is 0 Å². The summed E-state index contributed by atoms with van der Waals surface area (Å²) in [5.74, 6) is 0.685. The van der Waals surface area contributed by atoms with E-state index in [4.69, 9.17) is 16.3 Å². The molecule has 27 heavy (non-hydrogen) atoms. The number of guanidine groups is 1. The van der Waals surface area contributed by atoms with Gasteiger partial charge in [0.25, 0.3) is 0 Å².